The van der Waals surface area contributed by atoms with Crippen LogP contribution >= 0.6 is 0 Å². The maximum Gasteiger partial charge on any atom is 0.328 e. The molecule has 0 aromatic heterocycles. The zero-order valence-corrected chi connectivity index (χ0v) is 11.8. The highest BCUT2D eigenvalue weighted by molar-refractivity contribution is 6.26. The van der Waals surface area contributed by atoms with Crippen LogP contribution in [0.5, 0.6) is 0 Å². The van der Waals surface area contributed by atoms with Crippen LogP contribution in [0.2, 0.25) is 0 Å². The lowest BCUT2D eigenvalue weighted by atomic mass is 10.1. The van der Waals surface area contributed by atoms with Gasteiger partial charge in [0.2, 0.25) is 0 Å². The molecule has 0 bridgehead atoms. The molecule has 0 fully saturated rings. The number of ketones is 1. The monoisotopic (exact) mass is 297 g/mol. The number of amides is 1. The van der Waals surface area contributed by atoms with Crippen molar-refractivity contribution in [2.45, 2.75) is 25.0 Å². The summed E-state index contributed by atoms with van der Waals surface area (Å²) < 4.78 is 9.57. The summed E-state index contributed by atoms with van der Waals surface area (Å²) in [5, 5.41) is 9.16. The van der Waals surface area contributed by atoms with Crippen molar-refractivity contribution in [3.63, 3.8) is 0 Å². The number of hydrogen-bond acceptors (Lipinski definition) is 7. The van der Waals surface area contributed by atoms with Gasteiger partial charge in [-0.3, -0.25) is 9.59 Å². The molecule has 0 aliphatic rings. The van der Waals surface area contributed by atoms with E-state index in [2.05, 4.69) is 11.2 Å². The largest absolute Gasteiger partial charge is 0.463 e. The van der Waals surface area contributed by atoms with Crippen LogP contribution in [0.1, 0.15) is 12.8 Å². The molecule has 0 radical (unpaired) electrons. The Labute approximate surface area is 122 Å². The van der Waals surface area contributed by atoms with Gasteiger partial charge in [-0.1, -0.05) is 5.92 Å². The molecule has 8 heteroatoms. The standard InChI is InChI=1S/C13H19N3O5/c1-3-11(20-2)12(18)16-10(5-4-9(17)8-15)13(19)21-7-6-14/h1,8,10-11,15H,4-7,14H2,2H3,(H,16,18)/t10-,11-/m0/s1. The van der Waals surface area contributed by atoms with Crippen molar-refractivity contribution in [3.05, 3.63) is 0 Å². The third kappa shape index (κ3) is 7.20. The van der Waals surface area contributed by atoms with Gasteiger partial charge in [0.1, 0.15) is 12.6 Å². The predicted molar refractivity (Wildman–Crippen MR) is 74.6 cm³/mol. The van der Waals surface area contributed by atoms with Gasteiger partial charge in [0.25, 0.3) is 5.91 Å². The van der Waals surface area contributed by atoms with E-state index in [0.29, 0.717) is 6.21 Å². The Morgan fingerprint density at radius 3 is 2.62 bits per heavy atom. The Morgan fingerprint density at radius 2 is 2.14 bits per heavy atom. The quantitative estimate of drug-likeness (QED) is 0.259. The second kappa shape index (κ2) is 10.5. The van der Waals surface area contributed by atoms with E-state index in [4.69, 9.17) is 27.0 Å². The Hall–Kier alpha value is -2.24. The number of ether oxygens (including phenoxy) is 2. The third-order valence-corrected chi connectivity index (χ3v) is 2.43. The van der Waals surface area contributed by atoms with E-state index in [1.165, 1.54) is 7.11 Å². The van der Waals surface area contributed by atoms with E-state index in [1.54, 1.807) is 0 Å². The normalized spacial score (nSPS) is 12.6. The van der Waals surface area contributed by atoms with Crippen LogP contribution in [0, 0.1) is 17.8 Å². The van der Waals surface area contributed by atoms with Gasteiger partial charge in [0.15, 0.2) is 11.9 Å². The number of Topliss-reactive ketones (excluding diaryl/α,β-unsaturated/α-hetero) is 1. The van der Waals surface area contributed by atoms with Crippen molar-refractivity contribution in [2.75, 3.05) is 20.3 Å². The van der Waals surface area contributed by atoms with Crippen LogP contribution in [0.3, 0.4) is 0 Å². The highest BCUT2D eigenvalue weighted by Gasteiger charge is 2.26. The molecule has 0 saturated carbocycles. The van der Waals surface area contributed by atoms with Gasteiger partial charge < -0.3 is 25.9 Å². The van der Waals surface area contributed by atoms with Gasteiger partial charge in [-0.05, 0) is 6.42 Å². The lowest BCUT2D eigenvalue weighted by Gasteiger charge is -2.18. The Bertz CT molecular complexity index is 430. The SMILES string of the molecule is C#C[C@H](OC)C(=O)N[C@@H](CCC(=O)C=N)C(=O)OCCN. The van der Waals surface area contributed by atoms with Crippen LogP contribution in [-0.2, 0) is 23.9 Å². The van der Waals surface area contributed by atoms with Crippen LogP contribution in [0.25, 0.3) is 0 Å². The highest BCUT2D eigenvalue weighted by Crippen LogP contribution is 2.02. The summed E-state index contributed by atoms with van der Waals surface area (Å²) >= 11 is 0. The van der Waals surface area contributed by atoms with Gasteiger partial charge in [0.05, 0.1) is 6.21 Å². The summed E-state index contributed by atoms with van der Waals surface area (Å²) in [7, 11) is 1.25. The summed E-state index contributed by atoms with van der Waals surface area (Å²) in [5.41, 5.74) is 5.22. The average Bonchev–Trinajstić information content (AvgIpc) is 2.49. The van der Waals surface area contributed by atoms with Crippen LogP contribution in [-0.4, -0.2) is 56.3 Å². The molecule has 0 unspecified atom stereocenters. The van der Waals surface area contributed by atoms with E-state index >= 15 is 0 Å². The van der Waals surface area contributed by atoms with Crippen molar-refractivity contribution in [1.82, 2.24) is 5.32 Å². The number of esters is 1. The minimum atomic E-state index is -1.15. The van der Waals surface area contributed by atoms with E-state index in [0.717, 1.165) is 0 Å². The van der Waals surface area contributed by atoms with Crippen LogP contribution < -0.4 is 11.1 Å². The second-order valence-corrected chi connectivity index (χ2v) is 3.95. The molecule has 8 nitrogen and oxygen atoms in total. The number of hydrogen-bond donors (Lipinski definition) is 3. The summed E-state index contributed by atoms with van der Waals surface area (Å²) in [5.74, 6) is 0.227. The second-order valence-electron chi connectivity index (χ2n) is 3.95. The van der Waals surface area contributed by atoms with Gasteiger partial charge in [-0.15, -0.1) is 6.42 Å². The van der Waals surface area contributed by atoms with E-state index in [9.17, 15) is 14.4 Å². The maximum absolute atomic E-state index is 11.8. The molecule has 0 aromatic carbocycles. The molecule has 4 N–H and O–H groups in total. The Balaban J connectivity index is 4.74. The minimum absolute atomic E-state index is 0.00738. The van der Waals surface area contributed by atoms with Crippen molar-refractivity contribution in [2.24, 2.45) is 5.73 Å². The Kier molecular flexibility index (Phi) is 9.41. The zero-order valence-electron chi connectivity index (χ0n) is 11.8. The molecule has 2 atom stereocenters. The van der Waals surface area contributed by atoms with Crippen LogP contribution in [0.4, 0.5) is 0 Å². The topological polar surface area (TPSA) is 132 Å². The van der Waals surface area contributed by atoms with Gasteiger partial charge in [0, 0.05) is 20.1 Å². The smallest absolute Gasteiger partial charge is 0.328 e. The molecule has 116 valence electrons. The number of carbonyl (C=O) groups excluding carboxylic acids is 3. The lowest BCUT2D eigenvalue weighted by molar-refractivity contribution is -0.148. The molecule has 0 aliphatic carbocycles. The molecular weight excluding hydrogens is 278 g/mol. The van der Waals surface area contributed by atoms with Gasteiger partial charge in [-0.2, -0.15) is 0 Å². The number of terminal acetylenes is 1. The first kappa shape index (κ1) is 18.8. The van der Waals surface area contributed by atoms with Crippen LogP contribution in [0.15, 0.2) is 0 Å². The van der Waals surface area contributed by atoms with E-state index in [1.807, 2.05) is 0 Å². The van der Waals surface area contributed by atoms with E-state index in [-0.39, 0.29) is 26.0 Å². The van der Waals surface area contributed by atoms with E-state index < -0.39 is 29.8 Å². The fourth-order valence-corrected chi connectivity index (χ4v) is 1.37. The number of rotatable bonds is 10. The molecule has 0 heterocycles. The maximum atomic E-state index is 11.8. The minimum Gasteiger partial charge on any atom is -0.463 e. The van der Waals surface area contributed by atoms with Gasteiger partial charge >= 0.3 is 5.97 Å². The highest BCUT2D eigenvalue weighted by atomic mass is 16.5. The first-order valence-corrected chi connectivity index (χ1v) is 6.19. The predicted octanol–water partition coefficient (Wildman–Crippen LogP) is -1.38. The first-order valence-electron chi connectivity index (χ1n) is 6.19. The van der Waals surface area contributed by atoms with Crippen molar-refractivity contribution in [3.8, 4) is 12.3 Å². The average molecular weight is 297 g/mol. The number of nitrogens with one attached hydrogen (secondary N) is 2. The summed E-state index contributed by atoms with van der Waals surface area (Å²) in [6.07, 6.45) is 4.51. The summed E-state index contributed by atoms with van der Waals surface area (Å²) in [6.45, 7) is 0.128. The Morgan fingerprint density at radius 1 is 1.48 bits per heavy atom. The number of methoxy groups -OCH3 is 1. The molecule has 21 heavy (non-hydrogen) atoms. The summed E-state index contributed by atoms with van der Waals surface area (Å²) in [4.78, 5) is 34.7. The number of nitrogens with two attached hydrogens (primary N) is 1. The molecule has 0 aliphatic heterocycles. The third-order valence-electron chi connectivity index (χ3n) is 2.43. The molecular formula is C13H19N3O5. The molecule has 0 saturated heterocycles. The van der Waals surface area contributed by atoms with Crippen molar-refractivity contribution >= 4 is 23.9 Å². The fraction of sp³-hybridized carbons (Fsp3) is 0.538. The fourth-order valence-electron chi connectivity index (χ4n) is 1.37. The summed E-state index contributed by atoms with van der Waals surface area (Å²) in [6, 6.07) is -1.06. The number of carbonyl (C=O) groups is 3. The molecule has 1 amide bonds. The molecule has 0 aromatic rings. The first-order chi connectivity index (χ1) is 9.99. The molecule has 0 spiro atoms. The zero-order chi connectivity index (χ0) is 16.3. The molecule has 0 rings (SSSR count). The lowest BCUT2D eigenvalue weighted by Crippen LogP contribution is -2.46. The van der Waals surface area contributed by atoms with Crippen molar-refractivity contribution < 1.29 is 23.9 Å². The van der Waals surface area contributed by atoms with Crippen molar-refractivity contribution in [1.29, 1.82) is 5.41 Å². The van der Waals surface area contributed by atoms with Gasteiger partial charge in [-0.25, -0.2) is 4.79 Å².